The summed E-state index contributed by atoms with van der Waals surface area (Å²) in [5.74, 6) is 0. The van der Waals surface area contributed by atoms with E-state index in [1.807, 2.05) is 20.9 Å². The zero-order valence-electron chi connectivity index (χ0n) is 9.19. The van der Waals surface area contributed by atoms with Gasteiger partial charge in [-0.25, -0.2) is 0 Å². The van der Waals surface area contributed by atoms with Gasteiger partial charge in [-0.1, -0.05) is 0 Å². The number of hydrogen-bond acceptors (Lipinski definition) is 4. The van der Waals surface area contributed by atoms with Gasteiger partial charge in [-0.3, -0.25) is 14.6 Å². The van der Waals surface area contributed by atoms with Crippen molar-refractivity contribution in [1.29, 1.82) is 0 Å². The van der Waals surface area contributed by atoms with E-state index in [4.69, 9.17) is 5.73 Å². The Morgan fingerprint density at radius 1 is 1.53 bits per heavy atom. The number of nitrogens with zero attached hydrogens (tertiary/aromatic N) is 2. The van der Waals surface area contributed by atoms with Gasteiger partial charge in [0.1, 0.15) is 0 Å². The number of nitrogens with two attached hydrogens (primary N) is 1. The lowest BCUT2D eigenvalue weighted by molar-refractivity contribution is -0.380. The number of thiophene rings is 1. The molecule has 0 radical (unpaired) electrons. The molecule has 84 valence electrons. The highest BCUT2D eigenvalue weighted by atomic mass is 32.1. The average molecular weight is 230 g/mol. The van der Waals surface area contributed by atoms with Crippen LogP contribution in [0.2, 0.25) is 0 Å². The Hall–Kier alpha value is -1.14. The van der Waals surface area contributed by atoms with Gasteiger partial charge in [0.2, 0.25) is 0 Å². The fourth-order valence-electron chi connectivity index (χ4n) is 1.46. The van der Waals surface area contributed by atoms with Crippen LogP contribution in [0.25, 0.3) is 0 Å². The van der Waals surface area contributed by atoms with Crippen molar-refractivity contribution < 1.29 is 4.92 Å². The van der Waals surface area contributed by atoms with E-state index in [1.165, 1.54) is 0 Å². The summed E-state index contributed by atoms with van der Waals surface area (Å²) in [6, 6.07) is 1.59. The first-order chi connectivity index (χ1) is 6.94. The SMILES string of the molecule is CC[N+](C)(CC)c1cc([N+](=O)[O-])sc1N. The molecule has 1 aromatic rings. The molecule has 1 rings (SSSR count). The van der Waals surface area contributed by atoms with Crippen LogP contribution in [-0.2, 0) is 0 Å². The molecule has 0 spiro atoms. The van der Waals surface area contributed by atoms with E-state index >= 15 is 0 Å². The molecule has 1 aromatic heterocycles. The summed E-state index contributed by atoms with van der Waals surface area (Å²) in [6.45, 7) is 5.84. The van der Waals surface area contributed by atoms with E-state index in [0.717, 1.165) is 30.1 Å². The third kappa shape index (κ3) is 2.10. The minimum absolute atomic E-state index is 0.119. The van der Waals surface area contributed by atoms with Crippen LogP contribution in [0.3, 0.4) is 0 Å². The summed E-state index contributed by atoms with van der Waals surface area (Å²) in [5.41, 5.74) is 6.67. The predicted octanol–water partition coefficient (Wildman–Crippen LogP) is 2.22. The maximum Gasteiger partial charge on any atom is 0.332 e. The summed E-state index contributed by atoms with van der Waals surface area (Å²) in [5, 5.41) is 11.3. The molecular weight excluding hydrogens is 214 g/mol. The van der Waals surface area contributed by atoms with Gasteiger partial charge < -0.3 is 5.73 Å². The van der Waals surface area contributed by atoms with Crippen LogP contribution in [-0.4, -0.2) is 25.1 Å². The molecular formula is C9H16N3O2S+. The van der Waals surface area contributed by atoms with Crippen LogP contribution in [0.5, 0.6) is 0 Å². The third-order valence-electron chi connectivity index (χ3n) is 2.88. The number of nitrogen functional groups attached to an aromatic ring is 1. The molecule has 6 heteroatoms. The van der Waals surface area contributed by atoms with Crippen molar-refractivity contribution in [3.8, 4) is 0 Å². The van der Waals surface area contributed by atoms with Crippen molar-refractivity contribution in [3.05, 3.63) is 16.2 Å². The Labute approximate surface area is 92.9 Å². The van der Waals surface area contributed by atoms with E-state index in [9.17, 15) is 10.1 Å². The van der Waals surface area contributed by atoms with Gasteiger partial charge >= 0.3 is 5.00 Å². The summed E-state index contributed by atoms with van der Waals surface area (Å²) >= 11 is 1.04. The van der Waals surface area contributed by atoms with Crippen molar-refractivity contribution in [2.24, 2.45) is 0 Å². The molecule has 1 heterocycles. The Bertz CT molecular complexity index is 371. The number of rotatable bonds is 4. The smallest absolute Gasteiger partial charge is 0.332 e. The highest BCUT2D eigenvalue weighted by molar-refractivity contribution is 7.19. The van der Waals surface area contributed by atoms with E-state index in [-0.39, 0.29) is 9.92 Å². The Balaban J connectivity index is 3.19. The second kappa shape index (κ2) is 4.16. The largest absolute Gasteiger partial charge is 0.385 e. The van der Waals surface area contributed by atoms with E-state index in [0.29, 0.717) is 9.48 Å². The van der Waals surface area contributed by atoms with Crippen molar-refractivity contribution in [2.75, 3.05) is 25.9 Å². The second-order valence-corrected chi connectivity index (χ2v) is 4.68. The van der Waals surface area contributed by atoms with Crippen molar-refractivity contribution >= 4 is 27.0 Å². The Morgan fingerprint density at radius 2 is 2.07 bits per heavy atom. The molecule has 5 nitrogen and oxygen atoms in total. The van der Waals surface area contributed by atoms with E-state index in [1.54, 1.807) is 6.07 Å². The van der Waals surface area contributed by atoms with Gasteiger partial charge in [0.25, 0.3) is 0 Å². The van der Waals surface area contributed by atoms with Crippen molar-refractivity contribution in [3.63, 3.8) is 0 Å². The van der Waals surface area contributed by atoms with Crippen LogP contribution in [0.1, 0.15) is 13.8 Å². The summed E-state index contributed by atoms with van der Waals surface area (Å²) < 4.78 is 0.635. The fraction of sp³-hybridized carbons (Fsp3) is 0.556. The van der Waals surface area contributed by atoms with Gasteiger partial charge in [-0.15, -0.1) is 0 Å². The second-order valence-electron chi connectivity index (χ2n) is 3.62. The quantitative estimate of drug-likeness (QED) is 0.490. The molecule has 0 aliphatic rings. The fourth-order valence-corrected chi connectivity index (χ4v) is 2.31. The highest BCUT2D eigenvalue weighted by Gasteiger charge is 2.29. The van der Waals surface area contributed by atoms with Crippen LogP contribution < -0.4 is 10.2 Å². The number of hydrogen-bond donors (Lipinski definition) is 1. The minimum atomic E-state index is -0.389. The Kier molecular flexibility index (Phi) is 3.31. The molecule has 0 amide bonds. The maximum atomic E-state index is 10.6. The molecule has 15 heavy (non-hydrogen) atoms. The average Bonchev–Trinajstić information content (AvgIpc) is 2.60. The lowest BCUT2D eigenvalue weighted by atomic mass is 10.3. The first-order valence-corrected chi connectivity index (χ1v) is 5.65. The van der Waals surface area contributed by atoms with Gasteiger partial charge in [-0.2, -0.15) is 0 Å². The first kappa shape index (κ1) is 11.9. The molecule has 0 unspecified atom stereocenters. The van der Waals surface area contributed by atoms with E-state index in [2.05, 4.69) is 0 Å². The van der Waals surface area contributed by atoms with Crippen LogP contribution >= 0.6 is 11.3 Å². The van der Waals surface area contributed by atoms with Crippen LogP contribution in [0.15, 0.2) is 6.07 Å². The highest BCUT2D eigenvalue weighted by Crippen LogP contribution is 2.40. The van der Waals surface area contributed by atoms with Crippen LogP contribution in [0.4, 0.5) is 15.7 Å². The molecule has 0 saturated carbocycles. The molecule has 0 aliphatic heterocycles. The van der Waals surface area contributed by atoms with Gasteiger partial charge in [-0.05, 0) is 25.2 Å². The van der Waals surface area contributed by atoms with E-state index < -0.39 is 0 Å². The third-order valence-corrected chi connectivity index (χ3v) is 3.79. The first-order valence-electron chi connectivity index (χ1n) is 4.83. The minimum Gasteiger partial charge on any atom is -0.385 e. The van der Waals surface area contributed by atoms with Crippen molar-refractivity contribution in [2.45, 2.75) is 13.8 Å². The lowest BCUT2D eigenvalue weighted by Gasteiger charge is -2.30. The Morgan fingerprint density at radius 3 is 2.40 bits per heavy atom. The monoisotopic (exact) mass is 230 g/mol. The molecule has 0 fully saturated rings. The number of nitro groups is 1. The zero-order valence-corrected chi connectivity index (χ0v) is 10.0. The van der Waals surface area contributed by atoms with Crippen LogP contribution in [0, 0.1) is 10.1 Å². The standard InChI is InChI=1S/C9H16N3O2S/c1-4-12(3,5-2)7-6-8(11(13)14)15-9(7)10/h6H,4-5,10H2,1-3H3/q+1. The van der Waals surface area contributed by atoms with Gasteiger partial charge in [0.15, 0.2) is 10.7 Å². The normalized spacial score (nSPS) is 11.7. The summed E-state index contributed by atoms with van der Waals surface area (Å²) in [4.78, 5) is 10.2. The summed E-state index contributed by atoms with van der Waals surface area (Å²) in [6.07, 6.45) is 0. The van der Waals surface area contributed by atoms with Gasteiger partial charge in [0.05, 0.1) is 31.1 Å². The molecule has 0 aromatic carbocycles. The molecule has 0 bridgehead atoms. The van der Waals surface area contributed by atoms with Gasteiger partial charge in [0, 0.05) is 0 Å². The summed E-state index contributed by atoms with van der Waals surface area (Å²) in [7, 11) is 2.03. The maximum absolute atomic E-state index is 10.6. The molecule has 2 N–H and O–H groups in total. The van der Waals surface area contributed by atoms with Crippen molar-refractivity contribution in [1.82, 2.24) is 4.48 Å². The molecule has 0 aliphatic carbocycles. The topological polar surface area (TPSA) is 69.2 Å². The number of anilines is 1. The zero-order chi connectivity index (χ0) is 11.6. The lowest BCUT2D eigenvalue weighted by Crippen LogP contribution is -2.44. The number of quaternary nitrogens is 1. The molecule has 0 saturated heterocycles. The molecule has 0 atom stereocenters. The predicted molar refractivity (Wildman–Crippen MR) is 64.2 cm³/mol.